The Bertz CT molecular complexity index is 712. The number of fused-ring (bicyclic) bond motifs is 5. The summed E-state index contributed by atoms with van der Waals surface area (Å²) in [6.07, 6.45) is 18.3. The van der Waals surface area contributed by atoms with Crippen LogP contribution in [0.3, 0.4) is 0 Å². The van der Waals surface area contributed by atoms with Crippen molar-refractivity contribution in [1.29, 1.82) is 0 Å². The summed E-state index contributed by atoms with van der Waals surface area (Å²) in [7, 11) is 0. The maximum Gasteiger partial charge on any atom is 0.0724 e. The lowest BCUT2D eigenvalue weighted by molar-refractivity contribution is 0.0498. The SMILES string of the molecule is CC(C)C(C)/C=C/[C@@H](C)[C@H]1CCC2C3=CCC4=CC(O)CC[C@]4(C)C3CC[C@@]21C. The highest BCUT2D eigenvalue weighted by Crippen LogP contribution is 2.66. The van der Waals surface area contributed by atoms with Crippen LogP contribution in [0, 0.1) is 46.3 Å². The number of hydrogen-bond acceptors (Lipinski definition) is 1. The largest absolute Gasteiger partial charge is 0.389 e. The van der Waals surface area contributed by atoms with Crippen LogP contribution in [-0.2, 0) is 0 Å². The van der Waals surface area contributed by atoms with Gasteiger partial charge in [0.15, 0.2) is 0 Å². The zero-order valence-corrected chi connectivity index (χ0v) is 19.7. The van der Waals surface area contributed by atoms with E-state index in [1.807, 2.05) is 5.57 Å². The van der Waals surface area contributed by atoms with E-state index in [0.29, 0.717) is 22.7 Å². The second-order valence-electron chi connectivity index (χ2n) is 11.8. The fourth-order valence-corrected chi connectivity index (χ4v) is 7.62. The van der Waals surface area contributed by atoms with Crippen LogP contribution in [0.2, 0.25) is 0 Å². The van der Waals surface area contributed by atoms with Gasteiger partial charge in [0.1, 0.15) is 0 Å². The van der Waals surface area contributed by atoms with Crippen LogP contribution in [-0.4, -0.2) is 11.2 Å². The van der Waals surface area contributed by atoms with Gasteiger partial charge < -0.3 is 5.11 Å². The van der Waals surface area contributed by atoms with Crippen LogP contribution >= 0.6 is 0 Å². The Morgan fingerprint density at radius 1 is 0.966 bits per heavy atom. The summed E-state index contributed by atoms with van der Waals surface area (Å²) in [4.78, 5) is 0. The molecular weight excluding hydrogens is 352 g/mol. The topological polar surface area (TPSA) is 20.2 Å². The van der Waals surface area contributed by atoms with Gasteiger partial charge in [0.25, 0.3) is 0 Å². The summed E-state index contributed by atoms with van der Waals surface area (Å²) in [5.74, 6) is 4.41. The zero-order valence-electron chi connectivity index (χ0n) is 19.7. The second-order valence-corrected chi connectivity index (χ2v) is 11.8. The monoisotopic (exact) mass is 396 g/mol. The normalized spacial score (nSPS) is 44.0. The third-order valence-corrected chi connectivity index (χ3v) is 10.0. The van der Waals surface area contributed by atoms with Crippen molar-refractivity contribution in [3.8, 4) is 0 Å². The van der Waals surface area contributed by atoms with E-state index < -0.39 is 0 Å². The first-order chi connectivity index (χ1) is 13.7. The first-order valence-corrected chi connectivity index (χ1v) is 12.4. The van der Waals surface area contributed by atoms with Crippen LogP contribution in [0.15, 0.2) is 35.5 Å². The molecule has 0 aromatic carbocycles. The number of allylic oxidation sites excluding steroid dienone is 5. The molecule has 0 heterocycles. The van der Waals surface area contributed by atoms with Gasteiger partial charge in [-0.2, -0.15) is 0 Å². The average molecular weight is 397 g/mol. The molecule has 2 fully saturated rings. The molecule has 0 amide bonds. The van der Waals surface area contributed by atoms with Gasteiger partial charge in [-0.25, -0.2) is 0 Å². The lowest BCUT2D eigenvalue weighted by Crippen LogP contribution is -2.46. The maximum absolute atomic E-state index is 10.2. The van der Waals surface area contributed by atoms with Crippen molar-refractivity contribution in [1.82, 2.24) is 0 Å². The van der Waals surface area contributed by atoms with E-state index in [0.717, 1.165) is 36.5 Å². The summed E-state index contributed by atoms with van der Waals surface area (Å²) in [5.41, 5.74) is 4.12. The molecule has 1 heteroatoms. The predicted octanol–water partition coefficient (Wildman–Crippen LogP) is 7.33. The van der Waals surface area contributed by atoms with Gasteiger partial charge in [-0.1, -0.05) is 77.0 Å². The molecule has 4 rings (SSSR count). The van der Waals surface area contributed by atoms with E-state index in [1.165, 1.54) is 37.7 Å². The molecule has 8 atom stereocenters. The summed E-state index contributed by atoms with van der Waals surface area (Å²) >= 11 is 0. The average Bonchev–Trinajstić information content (AvgIpc) is 3.03. The smallest absolute Gasteiger partial charge is 0.0724 e. The van der Waals surface area contributed by atoms with E-state index in [2.05, 4.69) is 65.8 Å². The van der Waals surface area contributed by atoms with Gasteiger partial charge in [-0.15, -0.1) is 0 Å². The third-order valence-electron chi connectivity index (χ3n) is 10.0. The number of hydrogen-bond donors (Lipinski definition) is 1. The Kier molecular flexibility index (Phi) is 5.69. The summed E-state index contributed by atoms with van der Waals surface area (Å²) in [6, 6.07) is 0. The highest BCUT2D eigenvalue weighted by atomic mass is 16.3. The summed E-state index contributed by atoms with van der Waals surface area (Å²) in [5, 5.41) is 10.2. The van der Waals surface area contributed by atoms with E-state index in [-0.39, 0.29) is 6.10 Å². The molecule has 0 aliphatic heterocycles. The summed E-state index contributed by atoms with van der Waals surface area (Å²) in [6.45, 7) is 14.6. The molecular formula is C28H44O. The van der Waals surface area contributed by atoms with E-state index in [9.17, 15) is 5.11 Å². The lowest BCUT2D eigenvalue weighted by atomic mass is 9.50. The van der Waals surface area contributed by atoms with Crippen molar-refractivity contribution >= 4 is 0 Å². The molecule has 2 saturated carbocycles. The molecule has 0 aromatic rings. The zero-order chi connectivity index (χ0) is 21.0. The predicted molar refractivity (Wildman–Crippen MR) is 123 cm³/mol. The molecule has 162 valence electrons. The minimum atomic E-state index is -0.210. The van der Waals surface area contributed by atoms with Crippen molar-refractivity contribution in [3.63, 3.8) is 0 Å². The molecule has 4 unspecified atom stereocenters. The minimum absolute atomic E-state index is 0.210. The molecule has 0 aromatic heterocycles. The van der Waals surface area contributed by atoms with Crippen molar-refractivity contribution in [2.24, 2.45) is 46.3 Å². The molecule has 0 bridgehead atoms. The fraction of sp³-hybridized carbons (Fsp3) is 0.786. The Hall–Kier alpha value is -0.820. The minimum Gasteiger partial charge on any atom is -0.389 e. The van der Waals surface area contributed by atoms with Gasteiger partial charge in [0.2, 0.25) is 0 Å². The number of rotatable bonds is 4. The van der Waals surface area contributed by atoms with Gasteiger partial charge in [-0.05, 0) is 91.3 Å². The highest BCUT2D eigenvalue weighted by molar-refractivity contribution is 5.36. The van der Waals surface area contributed by atoms with Crippen molar-refractivity contribution < 1.29 is 5.11 Å². The fourth-order valence-electron chi connectivity index (χ4n) is 7.62. The van der Waals surface area contributed by atoms with Crippen molar-refractivity contribution in [2.45, 2.75) is 92.6 Å². The molecule has 0 radical (unpaired) electrons. The van der Waals surface area contributed by atoms with Gasteiger partial charge in [0, 0.05) is 0 Å². The van der Waals surface area contributed by atoms with Crippen LogP contribution in [0.1, 0.15) is 86.5 Å². The Morgan fingerprint density at radius 3 is 2.45 bits per heavy atom. The van der Waals surface area contributed by atoms with Crippen LogP contribution in [0.5, 0.6) is 0 Å². The molecule has 0 saturated heterocycles. The Morgan fingerprint density at radius 2 is 1.72 bits per heavy atom. The molecule has 4 aliphatic carbocycles. The first kappa shape index (κ1) is 21.4. The van der Waals surface area contributed by atoms with Gasteiger partial charge in [0.05, 0.1) is 6.10 Å². The Balaban J connectivity index is 1.56. The third kappa shape index (κ3) is 3.50. The molecule has 0 spiro atoms. The van der Waals surface area contributed by atoms with Crippen LogP contribution in [0.25, 0.3) is 0 Å². The van der Waals surface area contributed by atoms with E-state index >= 15 is 0 Å². The molecule has 29 heavy (non-hydrogen) atoms. The van der Waals surface area contributed by atoms with Crippen LogP contribution < -0.4 is 0 Å². The molecule has 1 nitrogen and oxygen atoms in total. The highest BCUT2D eigenvalue weighted by Gasteiger charge is 2.56. The molecule has 1 N–H and O–H groups in total. The Labute approximate surface area is 179 Å². The van der Waals surface area contributed by atoms with Crippen molar-refractivity contribution in [2.75, 3.05) is 0 Å². The number of aliphatic hydroxyl groups excluding tert-OH is 1. The standard InChI is InChI=1S/C28H44O/c1-18(2)19(3)7-8-20(4)24-11-12-25-23-10-9-21-17-22(29)13-15-27(21,5)26(23)14-16-28(24,25)6/h7-8,10,17-20,22,24-26,29H,9,11-16H2,1-6H3/b8-7+/t19?,20-,22?,24-,25?,26?,27+,28-/m1/s1. The van der Waals surface area contributed by atoms with E-state index in [4.69, 9.17) is 0 Å². The van der Waals surface area contributed by atoms with E-state index in [1.54, 1.807) is 0 Å². The van der Waals surface area contributed by atoms with Crippen LogP contribution in [0.4, 0.5) is 0 Å². The van der Waals surface area contributed by atoms with Gasteiger partial charge >= 0.3 is 0 Å². The lowest BCUT2D eigenvalue weighted by Gasteiger charge is -2.55. The maximum atomic E-state index is 10.2. The quantitative estimate of drug-likeness (QED) is 0.493. The molecule has 4 aliphatic rings. The first-order valence-electron chi connectivity index (χ1n) is 12.4. The van der Waals surface area contributed by atoms with Gasteiger partial charge in [-0.3, -0.25) is 0 Å². The number of aliphatic hydroxyl groups is 1. The second kappa shape index (κ2) is 7.70. The summed E-state index contributed by atoms with van der Waals surface area (Å²) < 4.78 is 0. The van der Waals surface area contributed by atoms with Crippen molar-refractivity contribution in [3.05, 3.63) is 35.5 Å².